The van der Waals surface area contributed by atoms with Crippen LogP contribution in [0.15, 0.2) is 11.6 Å². The van der Waals surface area contributed by atoms with Gasteiger partial charge in [0.1, 0.15) is 5.60 Å². The summed E-state index contributed by atoms with van der Waals surface area (Å²) < 4.78 is 5.40. The number of ether oxygens (including phenoxy) is 1. The number of thiazole rings is 1. The summed E-state index contributed by atoms with van der Waals surface area (Å²) in [5.74, 6) is 0.0551. The Hall–Kier alpha value is -1.38. The number of likely N-dealkylation sites (tertiary alicyclic amines) is 1. The van der Waals surface area contributed by atoms with Crippen molar-refractivity contribution in [3.05, 3.63) is 11.6 Å². The average Bonchev–Trinajstić information content (AvgIpc) is 3.22. The zero-order valence-corrected chi connectivity index (χ0v) is 16.7. The largest absolute Gasteiger partial charge is 0.444 e. The fourth-order valence-corrected chi connectivity index (χ4v) is 4.19. The molecule has 26 heavy (non-hydrogen) atoms. The number of piperidine rings is 1. The van der Waals surface area contributed by atoms with Crippen molar-refractivity contribution in [2.75, 3.05) is 37.6 Å². The molecule has 0 saturated carbocycles. The van der Waals surface area contributed by atoms with Crippen LogP contribution in [0.1, 0.15) is 33.6 Å². The molecule has 7 nitrogen and oxygen atoms in total. The number of hydrogen-bond acceptors (Lipinski definition) is 7. The zero-order valence-electron chi connectivity index (χ0n) is 15.9. The molecule has 0 radical (unpaired) electrons. The number of aliphatic hydroxyl groups excluding tert-OH is 1. The molecular weight excluding hydrogens is 352 g/mol. The Kier molecular flexibility index (Phi) is 6.04. The number of aliphatic hydroxyl groups is 1. The van der Waals surface area contributed by atoms with Crippen LogP contribution in [0, 0.1) is 5.92 Å². The van der Waals surface area contributed by atoms with Crippen LogP contribution >= 0.6 is 11.3 Å². The maximum absolute atomic E-state index is 12.2. The van der Waals surface area contributed by atoms with Crippen molar-refractivity contribution in [3.8, 4) is 0 Å². The lowest BCUT2D eigenvalue weighted by Gasteiger charge is -2.33. The monoisotopic (exact) mass is 382 g/mol. The van der Waals surface area contributed by atoms with Gasteiger partial charge in [0.25, 0.3) is 0 Å². The Morgan fingerprint density at radius 3 is 2.73 bits per heavy atom. The minimum absolute atomic E-state index is 0.0551. The molecule has 2 fully saturated rings. The third-order valence-electron chi connectivity index (χ3n) is 4.91. The van der Waals surface area contributed by atoms with Gasteiger partial charge >= 0.3 is 6.09 Å². The quantitative estimate of drug-likeness (QED) is 0.829. The highest BCUT2D eigenvalue weighted by Gasteiger charge is 2.36. The topological polar surface area (TPSA) is 77.9 Å². The number of rotatable bonds is 4. The summed E-state index contributed by atoms with van der Waals surface area (Å²) >= 11 is 1.68. The molecule has 2 N–H and O–H groups in total. The summed E-state index contributed by atoms with van der Waals surface area (Å²) in [5.41, 5.74) is -0.510. The molecule has 1 aromatic rings. The van der Waals surface area contributed by atoms with Crippen molar-refractivity contribution in [2.24, 2.45) is 5.92 Å². The van der Waals surface area contributed by atoms with E-state index in [2.05, 4.69) is 15.2 Å². The Morgan fingerprint density at radius 1 is 1.38 bits per heavy atom. The Morgan fingerprint density at radius 2 is 2.12 bits per heavy atom. The fraction of sp³-hybridized carbons (Fsp3) is 0.778. The molecule has 0 aromatic carbocycles. The average molecular weight is 383 g/mol. The van der Waals surface area contributed by atoms with Crippen molar-refractivity contribution in [3.63, 3.8) is 0 Å². The van der Waals surface area contributed by atoms with Crippen LogP contribution < -0.4 is 10.2 Å². The van der Waals surface area contributed by atoms with Gasteiger partial charge in [-0.3, -0.25) is 0 Å². The molecule has 2 saturated heterocycles. The van der Waals surface area contributed by atoms with Gasteiger partial charge in [0.05, 0.1) is 12.6 Å². The van der Waals surface area contributed by atoms with Crippen LogP contribution in [0.3, 0.4) is 0 Å². The molecular formula is C18H30N4O3S. The smallest absolute Gasteiger partial charge is 0.410 e. The van der Waals surface area contributed by atoms with E-state index in [4.69, 9.17) is 4.74 Å². The van der Waals surface area contributed by atoms with E-state index in [1.807, 2.05) is 32.3 Å². The molecule has 3 heterocycles. The van der Waals surface area contributed by atoms with E-state index in [9.17, 15) is 9.90 Å². The number of carbonyl (C=O) groups excluding carboxylic acids is 1. The summed E-state index contributed by atoms with van der Waals surface area (Å²) in [5, 5.41) is 17.0. The van der Waals surface area contributed by atoms with Gasteiger partial charge in [0, 0.05) is 49.7 Å². The first-order valence-electron chi connectivity index (χ1n) is 9.35. The van der Waals surface area contributed by atoms with Crippen molar-refractivity contribution in [1.29, 1.82) is 0 Å². The second-order valence-electron chi connectivity index (χ2n) is 8.20. The van der Waals surface area contributed by atoms with E-state index < -0.39 is 11.7 Å². The molecule has 2 aliphatic rings. The van der Waals surface area contributed by atoms with Crippen LogP contribution in [0.25, 0.3) is 0 Å². The maximum Gasteiger partial charge on any atom is 0.410 e. The number of nitrogens with one attached hydrogen (secondary N) is 1. The minimum Gasteiger partial charge on any atom is -0.444 e. The van der Waals surface area contributed by atoms with E-state index in [-0.39, 0.29) is 12.0 Å². The van der Waals surface area contributed by atoms with Gasteiger partial charge in [-0.25, -0.2) is 9.78 Å². The molecule has 3 rings (SSSR count). The number of amides is 1. The second kappa shape index (κ2) is 8.10. The van der Waals surface area contributed by atoms with E-state index in [0.29, 0.717) is 19.1 Å². The predicted octanol–water partition coefficient (Wildman–Crippen LogP) is 1.93. The molecule has 0 aliphatic carbocycles. The van der Waals surface area contributed by atoms with Gasteiger partial charge in [-0.1, -0.05) is 0 Å². The van der Waals surface area contributed by atoms with Gasteiger partial charge in [-0.2, -0.15) is 0 Å². The zero-order chi connectivity index (χ0) is 18.7. The number of nitrogens with zero attached hydrogens (tertiary/aromatic N) is 3. The first-order chi connectivity index (χ1) is 12.3. The lowest BCUT2D eigenvalue weighted by Crippen LogP contribution is -2.45. The number of hydrogen-bond donors (Lipinski definition) is 2. The third kappa shape index (κ3) is 5.08. The van der Waals surface area contributed by atoms with Gasteiger partial charge in [-0.05, 0) is 33.6 Å². The van der Waals surface area contributed by atoms with Gasteiger partial charge in [-0.15, -0.1) is 11.3 Å². The van der Waals surface area contributed by atoms with Crippen LogP contribution in [0.4, 0.5) is 9.93 Å². The predicted molar refractivity (Wildman–Crippen MR) is 103 cm³/mol. The van der Waals surface area contributed by atoms with Crippen molar-refractivity contribution in [1.82, 2.24) is 15.2 Å². The molecule has 8 heteroatoms. The lowest BCUT2D eigenvalue weighted by atomic mass is 10.0. The number of carbonyl (C=O) groups is 1. The highest BCUT2D eigenvalue weighted by Crippen LogP contribution is 2.23. The van der Waals surface area contributed by atoms with Crippen LogP contribution in [-0.2, 0) is 4.74 Å². The summed E-state index contributed by atoms with van der Waals surface area (Å²) in [6.45, 7) is 9.19. The van der Waals surface area contributed by atoms with Crippen LogP contribution in [-0.4, -0.2) is 71.6 Å². The molecule has 0 unspecified atom stereocenters. The summed E-state index contributed by atoms with van der Waals surface area (Å²) in [7, 11) is 0. The Balaban J connectivity index is 1.40. The standard InChI is InChI=1S/C18H30N4O3S/c1-18(2,3)25-17(24)22-11-13(15(23)12-22)10-20-14-4-7-21(8-5-14)16-19-6-9-26-16/h6,9,13-15,20,23H,4-5,7-8,10-12H2,1-3H3/t13-,15+/m0/s1. The van der Waals surface area contributed by atoms with E-state index in [1.54, 1.807) is 16.2 Å². The normalized spacial score (nSPS) is 24.9. The number of anilines is 1. The second-order valence-corrected chi connectivity index (χ2v) is 9.07. The maximum atomic E-state index is 12.2. The van der Waals surface area contributed by atoms with Gasteiger partial charge in [0.2, 0.25) is 0 Å². The highest BCUT2D eigenvalue weighted by atomic mass is 32.1. The number of aromatic nitrogens is 1. The molecule has 0 spiro atoms. The lowest BCUT2D eigenvalue weighted by molar-refractivity contribution is 0.0270. The summed E-state index contributed by atoms with van der Waals surface area (Å²) in [6.07, 6.45) is 3.15. The molecule has 1 amide bonds. The van der Waals surface area contributed by atoms with Crippen molar-refractivity contribution < 1.29 is 14.6 Å². The fourth-order valence-electron chi connectivity index (χ4n) is 3.50. The van der Waals surface area contributed by atoms with E-state index >= 15 is 0 Å². The number of β-amino-alcohol motifs (C(OH)–C–C–N with tert-alkyl or cyclic N) is 1. The first kappa shape index (κ1) is 19.4. The minimum atomic E-state index is -0.510. The SMILES string of the molecule is CC(C)(C)OC(=O)N1C[C@H](CNC2CCN(c3nccs3)CC2)[C@H](O)C1. The summed E-state index contributed by atoms with van der Waals surface area (Å²) in [6, 6.07) is 0.453. The van der Waals surface area contributed by atoms with Gasteiger partial charge in [0.15, 0.2) is 5.13 Å². The van der Waals surface area contributed by atoms with Crippen molar-refractivity contribution in [2.45, 2.75) is 51.4 Å². The van der Waals surface area contributed by atoms with E-state index in [0.717, 1.165) is 37.6 Å². The molecule has 2 atom stereocenters. The Bertz CT molecular complexity index is 582. The highest BCUT2D eigenvalue weighted by molar-refractivity contribution is 7.13. The van der Waals surface area contributed by atoms with Crippen LogP contribution in [0.5, 0.6) is 0 Å². The molecule has 2 aliphatic heterocycles. The first-order valence-corrected chi connectivity index (χ1v) is 10.2. The Labute approximate surface area is 159 Å². The summed E-state index contributed by atoms with van der Waals surface area (Å²) in [4.78, 5) is 20.5. The van der Waals surface area contributed by atoms with Crippen molar-refractivity contribution >= 4 is 22.6 Å². The van der Waals surface area contributed by atoms with Crippen LogP contribution in [0.2, 0.25) is 0 Å². The molecule has 146 valence electrons. The van der Waals surface area contributed by atoms with E-state index in [1.165, 1.54) is 0 Å². The third-order valence-corrected chi connectivity index (χ3v) is 5.74. The molecule has 1 aromatic heterocycles. The molecule has 0 bridgehead atoms. The van der Waals surface area contributed by atoms with Gasteiger partial charge < -0.3 is 25.0 Å².